The van der Waals surface area contributed by atoms with Crippen LogP contribution in [0.15, 0.2) is 11.1 Å². The van der Waals surface area contributed by atoms with Gasteiger partial charge in [0.15, 0.2) is 0 Å². The van der Waals surface area contributed by atoms with Gasteiger partial charge < -0.3 is 0 Å². The number of halogens is 2. The Bertz CT molecular complexity index is 393. The van der Waals surface area contributed by atoms with Crippen molar-refractivity contribution in [3.05, 3.63) is 25.4 Å². The predicted octanol–water partition coefficient (Wildman–Crippen LogP) is 1.13. The third-order valence-corrected chi connectivity index (χ3v) is 2.78. The lowest BCUT2D eigenvalue weighted by Gasteiger charge is -2.00. The highest BCUT2D eigenvalue weighted by molar-refractivity contribution is 14.1. The third-order valence-electron chi connectivity index (χ3n) is 1.20. The first kappa shape index (κ1) is 9.55. The molecule has 0 unspecified atom stereocenters. The Morgan fingerprint density at radius 2 is 2.50 bits per heavy atom. The van der Waals surface area contributed by atoms with Gasteiger partial charge in [0.1, 0.15) is 15.1 Å². The van der Waals surface area contributed by atoms with Crippen LogP contribution >= 0.6 is 34.2 Å². The van der Waals surface area contributed by atoms with Crippen LogP contribution in [0.3, 0.4) is 0 Å². The smallest absolute Gasteiger partial charge is 0.269 e. The summed E-state index contributed by atoms with van der Waals surface area (Å²) in [5.41, 5.74) is -0.200. The van der Waals surface area contributed by atoms with E-state index in [4.69, 9.17) is 18.0 Å². The standard InChI is InChI=1S/C7H4ClIN2O/c1-2-3-11-4-10-6(8)5(9)7(11)12/h1,4H,3H2. The number of terminal acetylenes is 1. The molecule has 0 aliphatic rings. The second-order valence-corrected chi connectivity index (χ2v) is 3.42. The van der Waals surface area contributed by atoms with Crippen molar-refractivity contribution in [1.82, 2.24) is 9.55 Å². The molecule has 5 heteroatoms. The van der Waals surface area contributed by atoms with E-state index in [1.54, 1.807) is 0 Å². The molecule has 0 fully saturated rings. The number of hydrogen-bond donors (Lipinski definition) is 0. The summed E-state index contributed by atoms with van der Waals surface area (Å²) in [6.45, 7) is 0.221. The number of hydrogen-bond acceptors (Lipinski definition) is 2. The molecule has 1 aromatic heterocycles. The van der Waals surface area contributed by atoms with E-state index in [-0.39, 0.29) is 17.3 Å². The first-order valence-electron chi connectivity index (χ1n) is 3.00. The van der Waals surface area contributed by atoms with Gasteiger partial charge in [0, 0.05) is 0 Å². The zero-order valence-corrected chi connectivity index (χ0v) is 8.83. The molecule has 0 bridgehead atoms. The van der Waals surface area contributed by atoms with Gasteiger partial charge in [-0.1, -0.05) is 17.5 Å². The van der Waals surface area contributed by atoms with E-state index in [1.807, 2.05) is 22.6 Å². The summed E-state index contributed by atoms with van der Waals surface area (Å²) in [5, 5.41) is 0.217. The molecule has 1 rings (SSSR count). The Hall–Kier alpha value is -0.540. The zero-order valence-electron chi connectivity index (χ0n) is 5.92. The Balaban J connectivity index is 3.29. The zero-order chi connectivity index (χ0) is 9.14. The van der Waals surface area contributed by atoms with Crippen molar-refractivity contribution in [3.63, 3.8) is 0 Å². The van der Waals surface area contributed by atoms with E-state index in [0.717, 1.165) is 0 Å². The fraction of sp³-hybridized carbons (Fsp3) is 0.143. The lowest BCUT2D eigenvalue weighted by molar-refractivity contribution is 0.762. The van der Waals surface area contributed by atoms with Crippen LogP contribution in [0.1, 0.15) is 0 Å². The highest BCUT2D eigenvalue weighted by Crippen LogP contribution is 2.08. The SMILES string of the molecule is C#CCn1cnc(Cl)c(I)c1=O. The lowest BCUT2D eigenvalue weighted by atomic mass is 10.6. The Kier molecular flexibility index (Phi) is 3.12. The van der Waals surface area contributed by atoms with Gasteiger partial charge in [-0.25, -0.2) is 4.98 Å². The molecule has 0 N–H and O–H groups in total. The minimum absolute atomic E-state index is 0.200. The lowest BCUT2D eigenvalue weighted by Crippen LogP contribution is -2.22. The normalized spacial score (nSPS) is 9.42. The van der Waals surface area contributed by atoms with Gasteiger partial charge in [0.2, 0.25) is 0 Å². The molecule has 3 nitrogen and oxygen atoms in total. The highest BCUT2D eigenvalue weighted by atomic mass is 127. The fourth-order valence-corrected chi connectivity index (χ4v) is 1.23. The van der Waals surface area contributed by atoms with E-state index < -0.39 is 0 Å². The largest absolute Gasteiger partial charge is 0.286 e. The van der Waals surface area contributed by atoms with Gasteiger partial charge >= 0.3 is 0 Å². The van der Waals surface area contributed by atoms with Crippen molar-refractivity contribution >= 4 is 34.2 Å². The number of nitrogens with zero attached hydrogens (tertiary/aromatic N) is 2. The Morgan fingerprint density at radius 1 is 1.83 bits per heavy atom. The first-order chi connectivity index (χ1) is 5.66. The van der Waals surface area contributed by atoms with E-state index in [1.165, 1.54) is 10.9 Å². The molecule has 12 heavy (non-hydrogen) atoms. The van der Waals surface area contributed by atoms with Crippen LogP contribution in [-0.4, -0.2) is 9.55 Å². The summed E-state index contributed by atoms with van der Waals surface area (Å²) in [6, 6.07) is 0. The van der Waals surface area contributed by atoms with Crippen molar-refractivity contribution in [2.75, 3.05) is 0 Å². The molecule has 0 aliphatic heterocycles. The molecule has 0 saturated heterocycles. The molecule has 0 amide bonds. The minimum Gasteiger partial charge on any atom is -0.286 e. The van der Waals surface area contributed by atoms with Gasteiger partial charge in [-0.2, -0.15) is 0 Å². The molecule has 0 spiro atoms. The summed E-state index contributed by atoms with van der Waals surface area (Å²) >= 11 is 7.44. The maximum absolute atomic E-state index is 11.3. The highest BCUT2D eigenvalue weighted by Gasteiger charge is 2.04. The maximum Gasteiger partial charge on any atom is 0.269 e. The average Bonchev–Trinajstić information content (AvgIpc) is 2.07. The summed E-state index contributed by atoms with van der Waals surface area (Å²) in [4.78, 5) is 15.1. The summed E-state index contributed by atoms with van der Waals surface area (Å²) in [6.07, 6.45) is 6.38. The van der Waals surface area contributed by atoms with Crippen LogP contribution in [0, 0.1) is 15.9 Å². The van der Waals surface area contributed by atoms with E-state index in [0.29, 0.717) is 3.57 Å². The molecule has 1 aromatic rings. The molecule has 0 aromatic carbocycles. The Labute approximate surface area is 87.9 Å². The summed E-state index contributed by atoms with van der Waals surface area (Å²) in [5.74, 6) is 2.35. The second-order valence-electron chi connectivity index (χ2n) is 1.99. The van der Waals surface area contributed by atoms with Crippen molar-refractivity contribution in [2.24, 2.45) is 0 Å². The van der Waals surface area contributed by atoms with Gasteiger partial charge in [-0.05, 0) is 22.6 Å². The molecule has 62 valence electrons. The van der Waals surface area contributed by atoms with Crippen molar-refractivity contribution < 1.29 is 0 Å². The molecular weight excluding hydrogens is 290 g/mol. The van der Waals surface area contributed by atoms with Crippen molar-refractivity contribution in [1.29, 1.82) is 0 Å². The summed E-state index contributed by atoms with van der Waals surface area (Å²) in [7, 11) is 0. The fourth-order valence-electron chi connectivity index (χ4n) is 0.655. The van der Waals surface area contributed by atoms with Gasteiger partial charge in [0.25, 0.3) is 5.56 Å². The van der Waals surface area contributed by atoms with E-state index in [9.17, 15) is 4.79 Å². The number of rotatable bonds is 1. The van der Waals surface area contributed by atoms with Crippen molar-refractivity contribution in [3.8, 4) is 12.3 Å². The molecular formula is C7H4ClIN2O. The van der Waals surface area contributed by atoms with Gasteiger partial charge in [-0.3, -0.25) is 9.36 Å². The maximum atomic E-state index is 11.3. The van der Waals surface area contributed by atoms with Gasteiger partial charge in [-0.15, -0.1) is 6.42 Å². The minimum atomic E-state index is -0.200. The van der Waals surface area contributed by atoms with E-state index >= 15 is 0 Å². The first-order valence-corrected chi connectivity index (χ1v) is 4.46. The molecule has 0 radical (unpaired) electrons. The average molecular weight is 294 g/mol. The monoisotopic (exact) mass is 294 g/mol. The Morgan fingerprint density at radius 3 is 3.08 bits per heavy atom. The topological polar surface area (TPSA) is 34.9 Å². The van der Waals surface area contributed by atoms with Crippen molar-refractivity contribution in [2.45, 2.75) is 6.54 Å². The van der Waals surface area contributed by atoms with Crippen LogP contribution < -0.4 is 5.56 Å². The molecule has 0 saturated carbocycles. The van der Waals surface area contributed by atoms with Crippen LogP contribution in [-0.2, 0) is 6.54 Å². The van der Waals surface area contributed by atoms with Crippen LogP contribution in [0.5, 0.6) is 0 Å². The summed E-state index contributed by atoms with van der Waals surface area (Å²) < 4.78 is 1.72. The third kappa shape index (κ3) is 1.79. The number of aromatic nitrogens is 2. The second kappa shape index (κ2) is 3.92. The quantitative estimate of drug-likeness (QED) is 0.442. The van der Waals surface area contributed by atoms with Crippen LogP contribution in [0.25, 0.3) is 0 Å². The van der Waals surface area contributed by atoms with E-state index in [2.05, 4.69) is 10.9 Å². The molecule has 0 aliphatic carbocycles. The molecule has 0 atom stereocenters. The van der Waals surface area contributed by atoms with Gasteiger partial charge in [0.05, 0.1) is 6.54 Å². The van der Waals surface area contributed by atoms with Crippen LogP contribution in [0.2, 0.25) is 5.15 Å². The van der Waals surface area contributed by atoms with Crippen LogP contribution in [0.4, 0.5) is 0 Å². The molecule has 1 heterocycles. The predicted molar refractivity (Wildman–Crippen MR) is 55.1 cm³/mol.